The predicted octanol–water partition coefficient (Wildman–Crippen LogP) is 4.71. The van der Waals surface area contributed by atoms with Crippen LogP contribution >= 0.6 is 12.6 Å². The van der Waals surface area contributed by atoms with Gasteiger partial charge >= 0.3 is 0 Å². The standard InChI is InChI=1S/C21H33NOS/c23-21-13-16-22(17-14-21)15-12-20-10-8-19(9-11-20)7-5-3-1-2-4-6-18-24/h8-11,24H,1-7,12-18H2. The molecule has 0 atom stereocenters. The van der Waals surface area contributed by atoms with E-state index in [4.69, 9.17) is 0 Å². The van der Waals surface area contributed by atoms with E-state index in [9.17, 15) is 4.79 Å². The highest BCUT2D eigenvalue weighted by atomic mass is 32.1. The number of unbranched alkanes of at least 4 members (excludes halogenated alkanes) is 5. The molecule has 24 heavy (non-hydrogen) atoms. The molecule has 3 heteroatoms. The van der Waals surface area contributed by atoms with Crippen molar-refractivity contribution in [1.82, 2.24) is 4.90 Å². The molecule has 134 valence electrons. The molecule has 0 radical (unpaired) electrons. The number of ketones is 1. The molecule has 1 heterocycles. The van der Waals surface area contributed by atoms with Gasteiger partial charge in [0, 0.05) is 32.5 Å². The van der Waals surface area contributed by atoms with Gasteiger partial charge in [-0.3, -0.25) is 4.79 Å². The van der Waals surface area contributed by atoms with E-state index in [1.807, 2.05) is 0 Å². The zero-order chi connectivity index (χ0) is 17.0. The maximum atomic E-state index is 11.3. The van der Waals surface area contributed by atoms with Gasteiger partial charge in [-0.1, -0.05) is 49.9 Å². The van der Waals surface area contributed by atoms with Crippen LogP contribution in [0.3, 0.4) is 0 Å². The van der Waals surface area contributed by atoms with E-state index >= 15 is 0 Å². The average molecular weight is 348 g/mol. The molecule has 2 nitrogen and oxygen atoms in total. The van der Waals surface area contributed by atoms with Gasteiger partial charge in [0.1, 0.15) is 5.78 Å². The van der Waals surface area contributed by atoms with Crippen molar-refractivity contribution in [2.75, 3.05) is 25.4 Å². The third-order valence-corrected chi connectivity index (χ3v) is 5.34. The van der Waals surface area contributed by atoms with Crippen molar-refractivity contribution >= 4 is 18.4 Å². The van der Waals surface area contributed by atoms with Crippen LogP contribution in [-0.2, 0) is 17.6 Å². The Bertz CT molecular complexity index is 461. The normalized spacial score (nSPS) is 15.8. The number of carbonyl (C=O) groups is 1. The minimum atomic E-state index is 0.428. The van der Waals surface area contributed by atoms with Crippen molar-refractivity contribution in [2.45, 2.75) is 64.2 Å². The predicted molar refractivity (Wildman–Crippen MR) is 106 cm³/mol. The summed E-state index contributed by atoms with van der Waals surface area (Å²) in [5.41, 5.74) is 2.89. The summed E-state index contributed by atoms with van der Waals surface area (Å²) < 4.78 is 0. The molecule has 0 saturated carbocycles. The van der Waals surface area contributed by atoms with Crippen molar-refractivity contribution in [3.63, 3.8) is 0 Å². The zero-order valence-electron chi connectivity index (χ0n) is 15.0. The highest BCUT2D eigenvalue weighted by Crippen LogP contribution is 2.13. The van der Waals surface area contributed by atoms with Crippen LogP contribution in [0, 0.1) is 0 Å². The van der Waals surface area contributed by atoms with Gasteiger partial charge in [-0.25, -0.2) is 0 Å². The Morgan fingerprint density at radius 1 is 0.792 bits per heavy atom. The van der Waals surface area contributed by atoms with E-state index in [1.165, 1.54) is 56.1 Å². The van der Waals surface area contributed by atoms with Crippen LogP contribution < -0.4 is 0 Å². The lowest BCUT2D eigenvalue weighted by Crippen LogP contribution is -2.35. The maximum absolute atomic E-state index is 11.3. The summed E-state index contributed by atoms with van der Waals surface area (Å²) in [5.74, 6) is 1.46. The number of aryl methyl sites for hydroxylation is 1. The second-order valence-electron chi connectivity index (χ2n) is 7.04. The van der Waals surface area contributed by atoms with Crippen molar-refractivity contribution in [3.8, 4) is 0 Å². The van der Waals surface area contributed by atoms with Crippen molar-refractivity contribution in [3.05, 3.63) is 35.4 Å². The van der Waals surface area contributed by atoms with Crippen molar-refractivity contribution in [1.29, 1.82) is 0 Å². The largest absolute Gasteiger partial charge is 0.302 e. The number of Topliss-reactive ketones (excluding diaryl/α,β-unsaturated/α-hetero) is 1. The average Bonchev–Trinajstić information content (AvgIpc) is 2.61. The summed E-state index contributed by atoms with van der Waals surface area (Å²) >= 11 is 4.25. The molecule has 1 saturated heterocycles. The smallest absolute Gasteiger partial charge is 0.135 e. The zero-order valence-corrected chi connectivity index (χ0v) is 15.9. The molecule has 2 rings (SSSR count). The molecule has 1 aromatic carbocycles. The molecule has 0 bridgehead atoms. The van der Waals surface area contributed by atoms with E-state index in [2.05, 4.69) is 41.8 Å². The molecular weight excluding hydrogens is 314 g/mol. The van der Waals surface area contributed by atoms with Crippen LogP contribution in [0.2, 0.25) is 0 Å². The fraction of sp³-hybridized carbons (Fsp3) is 0.667. The minimum Gasteiger partial charge on any atom is -0.302 e. The first kappa shape index (κ1) is 19.5. The first-order valence-corrected chi connectivity index (χ1v) is 10.3. The lowest BCUT2D eigenvalue weighted by atomic mass is 10.0. The van der Waals surface area contributed by atoms with Gasteiger partial charge in [-0.2, -0.15) is 12.6 Å². The lowest BCUT2D eigenvalue weighted by Gasteiger charge is -2.25. The quantitative estimate of drug-likeness (QED) is 0.462. The van der Waals surface area contributed by atoms with Gasteiger partial charge in [-0.15, -0.1) is 0 Å². The van der Waals surface area contributed by atoms with Crippen LogP contribution in [0.5, 0.6) is 0 Å². The van der Waals surface area contributed by atoms with Crippen molar-refractivity contribution < 1.29 is 4.79 Å². The molecular formula is C21H33NOS. The summed E-state index contributed by atoms with van der Waals surface area (Å²) in [5, 5.41) is 0. The molecule has 0 amide bonds. The van der Waals surface area contributed by atoms with Gasteiger partial charge in [0.2, 0.25) is 0 Å². The molecule has 1 fully saturated rings. The van der Waals surface area contributed by atoms with E-state index in [-0.39, 0.29) is 0 Å². The molecule has 1 aliphatic heterocycles. The summed E-state index contributed by atoms with van der Waals surface area (Å²) in [7, 11) is 0. The molecule has 0 unspecified atom stereocenters. The molecule has 1 aliphatic rings. The summed E-state index contributed by atoms with van der Waals surface area (Å²) in [6.45, 7) is 2.98. The molecule has 1 aromatic rings. The first-order valence-electron chi connectivity index (χ1n) is 9.70. The Kier molecular flexibility index (Phi) is 9.52. The van der Waals surface area contributed by atoms with E-state index in [1.54, 1.807) is 0 Å². The monoisotopic (exact) mass is 347 g/mol. The third kappa shape index (κ3) is 7.85. The number of rotatable bonds is 11. The summed E-state index contributed by atoms with van der Waals surface area (Å²) in [4.78, 5) is 13.7. The van der Waals surface area contributed by atoms with Crippen LogP contribution in [0.4, 0.5) is 0 Å². The van der Waals surface area contributed by atoms with Gasteiger partial charge in [0.05, 0.1) is 0 Å². The second kappa shape index (κ2) is 11.7. The maximum Gasteiger partial charge on any atom is 0.135 e. The Morgan fingerprint density at radius 2 is 1.33 bits per heavy atom. The van der Waals surface area contributed by atoms with Crippen LogP contribution in [0.25, 0.3) is 0 Å². The van der Waals surface area contributed by atoms with Crippen molar-refractivity contribution in [2.24, 2.45) is 0 Å². The van der Waals surface area contributed by atoms with Crippen LogP contribution in [0.15, 0.2) is 24.3 Å². The van der Waals surface area contributed by atoms with E-state index in [0.717, 1.165) is 44.6 Å². The second-order valence-corrected chi connectivity index (χ2v) is 7.49. The Labute approximate surface area is 153 Å². The number of thiol groups is 1. The van der Waals surface area contributed by atoms with Gasteiger partial charge in [0.15, 0.2) is 0 Å². The number of benzene rings is 1. The van der Waals surface area contributed by atoms with E-state index in [0.29, 0.717) is 5.78 Å². The number of piperidine rings is 1. The summed E-state index contributed by atoms with van der Waals surface area (Å²) in [6, 6.07) is 9.18. The Hall–Kier alpha value is -0.800. The first-order chi connectivity index (χ1) is 11.8. The Balaban J connectivity index is 1.57. The summed E-state index contributed by atoms with van der Waals surface area (Å²) in [6.07, 6.45) is 11.8. The topological polar surface area (TPSA) is 20.3 Å². The Morgan fingerprint density at radius 3 is 1.96 bits per heavy atom. The van der Waals surface area contributed by atoms with Crippen LogP contribution in [0.1, 0.15) is 62.5 Å². The number of nitrogens with zero attached hydrogens (tertiary/aromatic N) is 1. The SMILES string of the molecule is O=C1CCN(CCc2ccc(CCCCCCCCS)cc2)CC1. The van der Waals surface area contributed by atoms with E-state index < -0.39 is 0 Å². The number of hydrogen-bond acceptors (Lipinski definition) is 3. The minimum absolute atomic E-state index is 0.428. The highest BCUT2D eigenvalue weighted by molar-refractivity contribution is 7.80. The molecule has 0 aliphatic carbocycles. The van der Waals surface area contributed by atoms with Gasteiger partial charge in [0.25, 0.3) is 0 Å². The molecule has 0 spiro atoms. The highest BCUT2D eigenvalue weighted by Gasteiger charge is 2.15. The number of carbonyl (C=O) groups excluding carboxylic acids is 1. The molecule has 0 N–H and O–H groups in total. The molecule has 0 aromatic heterocycles. The van der Waals surface area contributed by atoms with Crippen LogP contribution in [-0.4, -0.2) is 36.1 Å². The number of hydrogen-bond donors (Lipinski definition) is 1. The number of likely N-dealkylation sites (tertiary alicyclic amines) is 1. The lowest BCUT2D eigenvalue weighted by molar-refractivity contribution is -0.121. The fourth-order valence-corrected chi connectivity index (χ4v) is 3.56. The fourth-order valence-electron chi connectivity index (χ4n) is 3.33. The van der Waals surface area contributed by atoms with Gasteiger partial charge in [-0.05, 0) is 42.6 Å². The third-order valence-electron chi connectivity index (χ3n) is 5.03. The van der Waals surface area contributed by atoms with Gasteiger partial charge < -0.3 is 4.90 Å².